The van der Waals surface area contributed by atoms with Crippen LogP contribution in [0.3, 0.4) is 0 Å². The highest BCUT2D eigenvalue weighted by molar-refractivity contribution is 5.79. The molecule has 0 bridgehead atoms. The van der Waals surface area contributed by atoms with Crippen molar-refractivity contribution >= 4 is 0 Å². The van der Waals surface area contributed by atoms with Gasteiger partial charge in [-0.3, -0.25) is 0 Å². The molecular weight excluding hydrogens is 458 g/mol. The monoisotopic (exact) mass is 495 g/mol. The molecule has 0 aliphatic carbocycles. The van der Waals surface area contributed by atoms with E-state index in [4.69, 9.17) is 4.98 Å². The van der Waals surface area contributed by atoms with E-state index >= 15 is 0 Å². The van der Waals surface area contributed by atoms with Gasteiger partial charge in [0.05, 0.1) is 11.4 Å². The van der Waals surface area contributed by atoms with Crippen molar-refractivity contribution in [3.8, 4) is 44.8 Å². The van der Waals surface area contributed by atoms with Crippen molar-refractivity contribution in [3.63, 3.8) is 0 Å². The molecule has 0 aliphatic rings. The molecule has 0 spiro atoms. The summed E-state index contributed by atoms with van der Waals surface area (Å²) in [6, 6.07) is 41.4. The fraction of sp³-hybridized carbons (Fsp3) is 0.216. The van der Waals surface area contributed by atoms with E-state index in [1.54, 1.807) is 0 Å². The van der Waals surface area contributed by atoms with Crippen LogP contribution in [-0.4, -0.2) is 4.98 Å². The third-order valence-corrected chi connectivity index (χ3v) is 7.16. The molecule has 0 N–H and O–H groups in total. The fourth-order valence-electron chi connectivity index (χ4n) is 4.75. The van der Waals surface area contributed by atoms with Crippen LogP contribution in [0.15, 0.2) is 115 Å². The molecule has 0 radical (unpaired) electrons. The number of pyridine rings is 1. The number of benzene rings is 4. The zero-order valence-electron chi connectivity index (χ0n) is 23.4. The number of aromatic nitrogens is 1. The molecule has 190 valence electrons. The first-order valence-electron chi connectivity index (χ1n) is 13.5. The van der Waals surface area contributed by atoms with Crippen LogP contribution in [-0.2, 0) is 10.8 Å². The van der Waals surface area contributed by atoms with Crippen LogP contribution in [0.1, 0.15) is 52.7 Å². The molecule has 1 nitrogen and oxygen atoms in total. The molecule has 0 saturated carbocycles. The number of nitrogens with zero attached hydrogens (tertiary/aromatic N) is 1. The molecule has 1 heteroatoms. The van der Waals surface area contributed by atoms with Gasteiger partial charge in [0, 0.05) is 11.1 Å². The molecule has 4 aromatic carbocycles. The highest BCUT2D eigenvalue weighted by atomic mass is 14.7. The van der Waals surface area contributed by atoms with Crippen molar-refractivity contribution in [1.29, 1.82) is 0 Å². The van der Waals surface area contributed by atoms with E-state index in [0.717, 1.165) is 22.5 Å². The van der Waals surface area contributed by atoms with Crippen molar-refractivity contribution in [3.05, 3.63) is 126 Å². The van der Waals surface area contributed by atoms with Crippen LogP contribution in [0, 0.1) is 0 Å². The molecule has 5 aromatic rings. The van der Waals surface area contributed by atoms with Crippen molar-refractivity contribution < 1.29 is 0 Å². The van der Waals surface area contributed by atoms with Gasteiger partial charge in [-0.05, 0) is 62.4 Å². The summed E-state index contributed by atoms with van der Waals surface area (Å²) in [4.78, 5) is 5.06. The minimum atomic E-state index is 0.0773. The summed E-state index contributed by atoms with van der Waals surface area (Å²) >= 11 is 0. The van der Waals surface area contributed by atoms with Gasteiger partial charge in [-0.15, -0.1) is 0 Å². The quantitative estimate of drug-likeness (QED) is 0.242. The van der Waals surface area contributed by atoms with E-state index in [2.05, 4.69) is 145 Å². The van der Waals surface area contributed by atoms with Gasteiger partial charge in [-0.1, -0.05) is 139 Å². The average Bonchev–Trinajstić information content (AvgIpc) is 2.92. The Kier molecular flexibility index (Phi) is 6.80. The Hall–Kier alpha value is -3.97. The zero-order valence-corrected chi connectivity index (χ0v) is 23.4. The lowest BCUT2D eigenvalue weighted by Gasteiger charge is -2.26. The molecule has 1 aromatic heterocycles. The normalized spacial score (nSPS) is 11.9. The van der Waals surface area contributed by atoms with Crippen LogP contribution < -0.4 is 0 Å². The second-order valence-electron chi connectivity index (χ2n) is 12.2. The first-order valence-corrected chi connectivity index (χ1v) is 13.5. The Balaban J connectivity index is 1.66. The molecule has 0 atom stereocenters. The Morgan fingerprint density at radius 2 is 0.763 bits per heavy atom. The van der Waals surface area contributed by atoms with Crippen molar-refractivity contribution in [1.82, 2.24) is 4.98 Å². The molecule has 5 rings (SSSR count). The molecular formula is C37H37N. The first kappa shape index (κ1) is 25.7. The largest absolute Gasteiger partial charge is 0.248 e. The minimum absolute atomic E-state index is 0.0773. The number of rotatable bonds is 4. The average molecular weight is 496 g/mol. The van der Waals surface area contributed by atoms with Crippen molar-refractivity contribution in [2.24, 2.45) is 0 Å². The van der Waals surface area contributed by atoms with Gasteiger partial charge in [-0.2, -0.15) is 0 Å². The highest BCUT2D eigenvalue weighted by Gasteiger charge is 2.21. The van der Waals surface area contributed by atoms with Crippen LogP contribution >= 0.6 is 0 Å². The number of hydrogen-bond donors (Lipinski definition) is 0. The van der Waals surface area contributed by atoms with Gasteiger partial charge in [-0.25, -0.2) is 4.98 Å². The molecule has 0 amide bonds. The second-order valence-corrected chi connectivity index (χ2v) is 12.2. The summed E-state index contributed by atoms with van der Waals surface area (Å²) < 4.78 is 0. The summed E-state index contributed by atoms with van der Waals surface area (Å²) in [7, 11) is 0. The van der Waals surface area contributed by atoms with Crippen molar-refractivity contribution in [2.75, 3.05) is 0 Å². The lowest BCUT2D eigenvalue weighted by molar-refractivity contribution is 0.569. The predicted octanol–water partition coefficient (Wildman–Crippen LogP) is 10.3. The SMILES string of the molecule is CC(C)(C)c1cc(-c2cccc(-c3cc(-c4ccccc4)nc(-c4ccccc4)c3)c2)cc(C(C)(C)C)c1. The summed E-state index contributed by atoms with van der Waals surface area (Å²) in [6.45, 7) is 13.8. The highest BCUT2D eigenvalue weighted by Crippen LogP contribution is 2.36. The maximum absolute atomic E-state index is 5.06. The predicted molar refractivity (Wildman–Crippen MR) is 163 cm³/mol. The zero-order chi connectivity index (χ0) is 26.9. The van der Waals surface area contributed by atoms with Gasteiger partial charge in [0.15, 0.2) is 0 Å². The lowest BCUT2D eigenvalue weighted by atomic mass is 9.79. The Labute approximate surface area is 228 Å². The first-order chi connectivity index (χ1) is 18.1. The van der Waals surface area contributed by atoms with E-state index in [9.17, 15) is 0 Å². The van der Waals surface area contributed by atoms with E-state index in [1.807, 2.05) is 12.1 Å². The lowest BCUT2D eigenvalue weighted by Crippen LogP contribution is -2.16. The van der Waals surface area contributed by atoms with Gasteiger partial charge >= 0.3 is 0 Å². The summed E-state index contributed by atoms with van der Waals surface area (Å²) in [5, 5.41) is 0. The summed E-state index contributed by atoms with van der Waals surface area (Å²) in [5.41, 5.74) is 12.0. The topological polar surface area (TPSA) is 12.9 Å². The Morgan fingerprint density at radius 3 is 1.18 bits per heavy atom. The van der Waals surface area contributed by atoms with E-state index < -0.39 is 0 Å². The maximum Gasteiger partial charge on any atom is 0.0715 e. The van der Waals surface area contributed by atoms with E-state index in [1.165, 1.54) is 33.4 Å². The van der Waals surface area contributed by atoms with E-state index in [-0.39, 0.29) is 10.8 Å². The van der Waals surface area contributed by atoms with Crippen LogP contribution in [0.25, 0.3) is 44.8 Å². The van der Waals surface area contributed by atoms with Crippen LogP contribution in [0.4, 0.5) is 0 Å². The molecule has 0 saturated heterocycles. The number of hydrogen-bond acceptors (Lipinski definition) is 1. The van der Waals surface area contributed by atoms with E-state index in [0.29, 0.717) is 0 Å². The Morgan fingerprint density at radius 1 is 0.368 bits per heavy atom. The van der Waals surface area contributed by atoms with Crippen LogP contribution in [0.2, 0.25) is 0 Å². The van der Waals surface area contributed by atoms with Gasteiger partial charge in [0.1, 0.15) is 0 Å². The smallest absolute Gasteiger partial charge is 0.0715 e. The Bertz CT molecular complexity index is 1460. The third kappa shape index (κ3) is 5.63. The second kappa shape index (κ2) is 10.1. The standard InChI is InChI=1S/C37H37N/c1-36(2,3)32-21-30(22-33(25-32)37(4,5)6)28-18-13-19-29(20-28)31-23-34(26-14-9-7-10-15-26)38-35(24-31)27-16-11-8-12-17-27/h7-25H,1-6H3. The summed E-state index contributed by atoms with van der Waals surface area (Å²) in [6.07, 6.45) is 0. The molecule has 0 unspecified atom stereocenters. The molecule has 0 fully saturated rings. The van der Waals surface area contributed by atoms with Gasteiger partial charge in [0.2, 0.25) is 0 Å². The molecule has 0 aliphatic heterocycles. The molecule has 38 heavy (non-hydrogen) atoms. The van der Waals surface area contributed by atoms with Gasteiger partial charge < -0.3 is 0 Å². The maximum atomic E-state index is 5.06. The van der Waals surface area contributed by atoms with Gasteiger partial charge in [0.25, 0.3) is 0 Å². The summed E-state index contributed by atoms with van der Waals surface area (Å²) in [5.74, 6) is 0. The van der Waals surface area contributed by atoms with Crippen molar-refractivity contribution in [2.45, 2.75) is 52.4 Å². The molecule has 1 heterocycles. The third-order valence-electron chi connectivity index (χ3n) is 7.16. The minimum Gasteiger partial charge on any atom is -0.248 e. The van der Waals surface area contributed by atoms with Crippen LogP contribution in [0.5, 0.6) is 0 Å². The fourth-order valence-corrected chi connectivity index (χ4v) is 4.75.